The highest BCUT2D eigenvalue weighted by Crippen LogP contribution is 2.26. The molecule has 0 saturated carbocycles. The third-order valence-corrected chi connectivity index (χ3v) is 6.35. The molecule has 0 bridgehead atoms. The van der Waals surface area contributed by atoms with Crippen LogP contribution in [-0.2, 0) is 10.0 Å². The lowest BCUT2D eigenvalue weighted by atomic mass is 10.1. The highest BCUT2D eigenvalue weighted by molar-refractivity contribution is 9.10. The maximum Gasteiger partial charge on any atom is 0.261 e. The van der Waals surface area contributed by atoms with E-state index in [1.807, 2.05) is 0 Å². The van der Waals surface area contributed by atoms with Gasteiger partial charge in [0.2, 0.25) is 0 Å². The summed E-state index contributed by atoms with van der Waals surface area (Å²) in [7, 11) is -3.89. The Morgan fingerprint density at radius 3 is 2.11 bits per heavy atom. The Bertz CT molecular complexity index is 1120. The fourth-order valence-electron chi connectivity index (χ4n) is 2.34. The van der Waals surface area contributed by atoms with Crippen molar-refractivity contribution < 1.29 is 13.2 Å². The molecular weight excluding hydrogens is 532 g/mol. The van der Waals surface area contributed by atoms with Crippen molar-refractivity contribution in [1.82, 2.24) is 0 Å². The number of rotatable bonds is 5. The van der Waals surface area contributed by atoms with Gasteiger partial charge in [0.1, 0.15) is 0 Å². The Morgan fingerprint density at radius 2 is 1.46 bits per heavy atom. The van der Waals surface area contributed by atoms with Gasteiger partial charge in [-0.2, -0.15) is 0 Å². The summed E-state index contributed by atoms with van der Waals surface area (Å²) in [6, 6.07) is 17.5. The Morgan fingerprint density at radius 1 is 0.857 bits per heavy atom. The number of benzene rings is 3. The van der Waals surface area contributed by atoms with E-state index in [9.17, 15) is 13.2 Å². The largest absolute Gasteiger partial charge is 0.322 e. The van der Waals surface area contributed by atoms with Gasteiger partial charge < -0.3 is 5.32 Å². The number of halogens is 3. The highest BCUT2D eigenvalue weighted by atomic mass is 79.9. The Hall–Kier alpha value is -1.87. The number of nitrogens with one attached hydrogen (secondary N) is 2. The Labute approximate surface area is 184 Å². The summed E-state index contributed by atoms with van der Waals surface area (Å²) in [4.78, 5) is 12.8. The lowest BCUT2D eigenvalue weighted by Gasteiger charge is -2.13. The van der Waals surface area contributed by atoms with E-state index in [-0.39, 0.29) is 16.1 Å². The first-order chi connectivity index (χ1) is 13.2. The van der Waals surface area contributed by atoms with E-state index in [1.165, 1.54) is 30.3 Å². The predicted octanol–water partition coefficient (Wildman–Crippen LogP) is 5.92. The second-order valence-corrected chi connectivity index (χ2v) is 9.66. The minimum atomic E-state index is -3.89. The predicted molar refractivity (Wildman–Crippen MR) is 118 cm³/mol. The molecule has 3 aromatic carbocycles. The van der Waals surface area contributed by atoms with Crippen molar-refractivity contribution in [1.29, 1.82) is 0 Å². The van der Waals surface area contributed by atoms with Gasteiger partial charge in [0.25, 0.3) is 15.9 Å². The molecule has 0 spiro atoms. The van der Waals surface area contributed by atoms with Crippen LogP contribution in [0.5, 0.6) is 0 Å². The summed E-state index contributed by atoms with van der Waals surface area (Å²) in [6.07, 6.45) is 0. The van der Waals surface area contributed by atoms with Crippen LogP contribution in [0.1, 0.15) is 10.4 Å². The molecule has 0 unspecified atom stereocenters. The summed E-state index contributed by atoms with van der Waals surface area (Å²) < 4.78 is 29.3. The molecule has 0 heterocycles. The van der Waals surface area contributed by atoms with Gasteiger partial charge in [-0.15, -0.1) is 0 Å². The molecule has 0 aliphatic rings. The standard InChI is InChI=1S/C19H13Br2ClN2O3S/c20-12-1-6-15(7-2-12)23-19(25)17-11-13(21)3-10-18(17)24-28(26,27)16-8-4-14(22)5-9-16/h1-11,24H,(H,23,25). The quantitative estimate of drug-likeness (QED) is 0.419. The average molecular weight is 545 g/mol. The van der Waals surface area contributed by atoms with E-state index in [1.54, 1.807) is 36.4 Å². The second-order valence-electron chi connectivity index (χ2n) is 5.71. The number of sulfonamides is 1. The summed E-state index contributed by atoms with van der Waals surface area (Å²) in [6.45, 7) is 0. The van der Waals surface area contributed by atoms with E-state index in [2.05, 4.69) is 41.9 Å². The van der Waals surface area contributed by atoms with Crippen molar-refractivity contribution in [2.75, 3.05) is 10.0 Å². The Balaban J connectivity index is 1.91. The van der Waals surface area contributed by atoms with Crippen molar-refractivity contribution in [3.05, 3.63) is 86.3 Å². The molecule has 0 atom stereocenters. The number of hydrogen-bond acceptors (Lipinski definition) is 3. The number of amides is 1. The third-order valence-electron chi connectivity index (χ3n) is 3.70. The Kier molecular flexibility index (Phi) is 6.44. The minimum Gasteiger partial charge on any atom is -0.322 e. The smallest absolute Gasteiger partial charge is 0.261 e. The number of anilines is 2. The SMILES string of the molecule is O=C(Nc1ccc(Br)cc1)c1cc(Br)ccc1NS(=O)(=O)c1ccc(Cl)cc1. The molecule has 0 radical (unpaired) electrons. The van der Waals surface area contributed by atoms with Crippen LogP contribution < -0.4 is 10.0 Å². The first kappa shape index (κ1) is 20.9. The van der Waals surface area contributed by atoms with Gasteiger partial charge in [-0.3, -0.25) is 9.52 Å². The van der Waals surface area contributed by atoms with Crippen molar-refractivity contribution in [2.24, 2.45) is 0 Å². The molecule has 0 saturated heterocycles. The van der Waals surface area contributed by atoms with Crippen LogP contribution in [0.3, 0.4) is 0 Å². The first-order valence-electron chi connectivity index (χ1n) is 7.89. The summed E-state index contributed by atoms with van der Waals surface area (Å²) >= 11 is 12.5. The van der Waals surface area contributed by atoms with Crippen molar-refractivity contribution in [3.8, 4) is 0 Å². The zero-order valence-electron chi connectivity index (χ0n) is 14.1. The van der Waals surface area contributed by atoms with Crippen LogP contribution in [-0.4, -0.2) is 14.3 Å². The maximum atomic E-state index is 12.7. The van der Waals surface area contributed by atoms with E-state index >= 15 is 0 Å². The zero-order valence-corrected chi connectivity index (χ0v) is 18.9. The average Bonchev–Trinajstić information content (AvgIpc) is 2.65. The molecule has 0 fully saturated rings. The van der Waals surface area contributed by atoms with Crippen LogP contribution in [0.25, 0.3) is 0 Å². The van der Waals surface area contributed by atoms with Crippen LogP contribution in [0, 0.1) is 0 Å². The number of carbonyl (C=O) groups excluding carboxylic acids is 1. The molecule has 1 amide bonds. The number of carbonyl (C=O) groups is 1. The molecule has 144 valence electrons. The first-order valence-corrected chi connectivity index (χ1v) is 11.3. The van der Waals surface area contributed by atoms with Gasteiger partial charge in [0, 0.05) is 19.7 Å². The van der Waals surface area contributed by atoms with Crippen molar-refractivity contribution in [2.45, 2.75) is 4.90 Å². The van der Waals surface area contributed by atoms with E-state index in [4.69, 9.17) is 11.6 Å². The molecular formula is C19H13Br2ClN2O3S. The van der Waals surface area contributed by atoms with Crippen molar-refractivity contribution >= 4 is 70.8 Å². The van der Waals surface area contributed by atoms with Crippen LogP contribution in [0.4, 0.5) is 11.4 Å². The van der Waals surface area contributed by atoms with Gasteiger partial charge in [-0.05, 0) is 66.7 Å². The van der Waals surface area contributed by atoms with E-state index < -0.39 is 15.9 Å². The molecule has 5 nitrogen and oxygen atoms in total. The molecule has 28 heavy (non-hydrogen) atoms. The fraction of sp³-hybridized carbons (Fsp3) is 0. The lowest BCUT2D eigenvalue weighted by Crippen LogP contribution is -2.18. The van der Waals surface area contributed by atoms with E-state index in [0.29, 0.717) is 15.2 Å². The molecule has 0 aliphatic carbocycles. The van der Waals surface area contributed by atoms with Crippen LogP contribution >= 0.6 is 43.5 Å². The van der Waals surface area contributed by atoms with Crippen molar-refractivity contribution in [3.63, 3.8) is 0 Å². The molecule has 0 aromatic heterocycles. The van der Waals surface area contributed by atoms with Gasteiger partial charge in [0.05, 0.1) is 16.1 Å². The van der Waals surface area contributed by atoms with E-state index in [0.717, 1.165) is 4.47 Å². The molecule has 3 rings (SSSR count). The summed E-state index contributed by atoms with van der Waals surface area (Å²) in [5.74, 6) is -0.447. The normalized spacial score (nSPS) is 11.1. The van der Waals surface area contributed by atoms with Gasteiger partial charge in [0.15, 0.2) is 0 Å². The third kappa shape index (κ3) is 5.14. The fourth-order valence-corrected chi connectivity index (χ4v) is 4.17. The van der Waals surface area contributed by atoms with Gasteiger partial charge in [-0.1, -0.05) is 43.5 Å². The zero-order chi connectivity index (χ0) is 20.3. The summed E-state index contributed by atoms with van der Waals surface area (Å²) in [5, 5.41) is 3.18. The molecule has 3 aromatic rings. The monoisotopic (exact) mass is 542 g/mol. The second kappa shape index (κ2) is 8.65. The molecule has 9 heteroatoms. The van der Waals surface area contributed by atoms with Crippen LogP contribution in [0.2, 0.25) is 5.02 Å². The van der Waals surface area contributed by atoms with Crippen LogP contribution in [0.15, 0.2) is 80.6 Å². The summed E-state index contributed by atoms with van der Waals surface area (Å²) in [5.41, 5.74) is 0.919. The maximum absolute atomic E-state index is 12.7. The molecule has 2 N–H and O–H groups in total. The van der Waals surface area contributed by atoms with Gasteiger partial charge >= 0.3 is 0 Å². The topological polar surface area (TPSA) is 75.3 Å². The number of hydrogen-bond donors (Lipinski definition) is 2. The van der Waals surface area contributed by atoms with Gasteiger partial charge in [-0.25, -0.2) is 8.42 Å². The molecule has 0 aliphatic heterocycles. The minimum absolute atomic E-state index is 0.0408. The highest BCUT2D eigenvalue weighted by Gasteiger charge is 2.19. The lowest BCUT2D eigenvalue weighted by molar-refractivity contribution is 0.102.